The van der Waals surface area contributed by atoms with Crippen LogP contribution in [0.5, 0.6) is 5.75 Å². The normalized spacial score (nSPS) is 26.0. The van der Waals surface area contributed by atoms with Crippen LogP contribution in [0.1, 0.15) is 19.8 Å². The monoisotopic (exact) mass is 303 g/mol. The molecule has 0 radical (unpaired) electrons. The third-order valence-corrected chi connectivity index (χ3v) is 4.90. The number of aromatic hydroxyl groups is 1. The molecule has 22 heavy (non-hydrogen) atoms. The standard InChI is InChI=1S/C17H25N3O2/c1-17(7-4-8-18-13-17)16(22)20-11-9-19(10-12-20)14-5-2-3-6-15(14)21/h2-3,5-6,18,21H,4,7-13H2,1H3. The van der Waals surface area contributed by atoms with Gasteiger partial charge in [-0.15, -0.1) is 0 Å². The Balaban J connectivity index is 1.62. The number of carbonyl (C=O) groups is 1. The van der Waals surface area contributed by atoms with Crippen LogP contribution in [0.2, 0.25) is 0 Å². The summed E-state index contributed by atoms with van der Waals surface area (Å²) in [5.41, 5.74) is 0.607. The van der Waals surface area contributed by atoms with Crippen molar-refractivity contribution in [1.82, 2.24) is 10.2 Å². The molecule has 0 saturated carbocycles. The van der Waals surface area contributed by atoms with Gasteiger partial charge in [0.05, 0.1) is 11.1 Å². The number of anilines is 1. The highest BCUT2D eigenvalue weighted by Gasteiger charge is 2.38. The zero-order valence-electron chi connectivity index (χ0n) is 13.2. The van der Waals surface area contributed by atoms with Crippen LogP contribution in [0, 0.1) is 5.41 Å². The average Bonchev–Trinajstić information content (AvgIpc) is 2.55. The number of rotatable bonds is 2. The molecule has 0 spiro atoms. The van der Waals surface area contributed by atoms with Crippen LogP contribution < -0.4 is 10.2 Å². The summed E-state index contributed by atoms with van der Waals surface area (Å²) in [5.74, 6) is 0.586. The Morgan fingerprint density at radius 1 is 1.23 bits per heavy atom. The molecule has 2 heterocycles. The van der Waals surface area contributed by atoms with Gasteiger partial charge in [0.25, 0.3) is 0 Å². The van der Waals surface area contributed by atoms with Crippen molar-refractivity contribution >= 4 is 11.6 Å². The zero-order valence-corrected chi connectivity index (χ0v) is 13.2. The molecule has 5 heteroatoms. The molecule has 120 valence electrons. The van der Waals surface area contributed by atoms with E-state index >= 15 is 0 Å². The molecular formula is C17H25N3O2. The van der Waals surface area contributed by atoms with Crippen molar-refractivity contribution in [3.05, 3.63) is 24.3 Å². The first-order chi connectivity index (χ1) is 10.6. The molecule has 1 aromatic rings. The van der Waals surface area contributed by atoms with Crippen LogP contribution in [0.3, 0.4) is 0 Å². The molecule has 1 aromatic carbocycles. The third-order valence-electron chi connectivity index (χ3n) is 4.90. The van der Waals surface area contributed by atoms with E-state index in [0.29, 0.717) is 5.75 Å². The highest BCUT2D eigenvalue weighted by Crippen LogP contribution is 2.30. The fourth-order valence-electron chi connectivity index (χ4n) is 3.50. The Kier molecular flexibility index (Phi) is 4.25. The molecule has 2 aliphatic heterocycles. The summed E-state index contributed by atoms with van der Waals surface area (Å²) in [6.45, 7) is 6.87. The number of piperidine rings is 1. The molecule has 3 rings (SSSR count). The van der Waals surface area contributed by atoms with Crippen molar-refractivity contribution in [3.8, 4) is 5.75 Å². The number of nitrogens with zero attached hydrogens (tertiary/aromatic N) is 2. The summed E-state index contributed by atoms with van der Waals surface area (Å²) in [6, 6.07) is 7.40. The van der Waals surface area contributed by atoms with Gasteiger partial charge in [0.2, 0.25) is 5.91 Å². The minimum Gasteiger partial charge on any atom is -0.506 e. The number of carbonyl (C=O) groups excluding carboxylic acids is 1. The van der Waals surface area contributed by atoms with Gasteiger partial charge in [0.1, 0.15) is 5.75 Å². The van der Waals surface area contributed by atoms with Gasteiger partial charge in [-0.3, -0.25) is 4.79 Å². The van der Waals surface area contributed by atoms with Gasteiger partial charge in [0, 0.05) is 32.7 Å². The van der Waals surface area contributed by atoms with Crippen LogP contribution >= 0.6 is 0 Å². The molecule has 0 aliphatic carbocycles. The first kappa shape index (κ1) is 15.2. The summed E-state index contributed by atoms with van der Waals surface area (Å²) in [5, 5.41) is 13.3. The maximum Gasteiger partial charge on any atom is 0.229 e. The Bertz CT molecular complexity index is 532. The van der Waals surface area contributed by atoms with Gasteiger partial charge in [-0.2, -0.15) is 0 Å². The fourth-order valence-corrected chi connectivity index (χ4v) is 3.50. The van der Waals surface area contributed by atoms with Crippen molar-refractivity contribution in [2.24, 2.45) is 5.41 Å². The van der Waals surface area contributed by atoms with E-state index in [2.05, 4.69) is 17.1 Å². The van der Waals surface area contributed by atoms with Crippen molar-refractivity contribution in [1.29, 1.82) is 0 Å². The molecule has 2 fully saturated rings. The first-order valence-electron chi connectivity index (χ1n) is 8.13. The van der Waals surface area contributed by atoms with Crippen LogP contribution in [-0.4, -0.2) is 55.2 Å². The summed E-state index contributed by atoms with van der Waals surface area (Å²) in [6.07, 6.45) is 2.04. The van der Waals surface area contributed by atoms with Crippen molar-refractivity contribution in [2.45, 2.75) is 19.8 Å². The van der Waals surface area contributed by atoms with E-state index < -0.39 is 0 Å². The van der Waals surface area contributed by atoms with Crippen LogP contribution in [0.25, 0.3) is 0 Å². The molecule has 2 N–H and O–H groups in total. The van der Waals surface area contributed by atoms with E-state index in [1.54, 1.807) is 6.07 Å². The zero-order chi connectivity index (χ0) is 15.6. The number of hydrogen-bond donors (Lipinski definition) is 2. The highest BCUT2D eigenvalue weighted by atomic mass is 16.3. The largest absolute Gasteiger partial charge is 0.506 e. The summed E-state index contributed by atoms with van der Waals surface area (Å²) in [7, 11) is 0. The van der Waals surface area contributed by atoms with E-state index in [-0.39, 0.29) is 11.3 Å². The lowest BCUT2D eigenvalue weighted by Gasteiger charge is -2.42. The Labute approximate surface area is 131 Å². The first-order valence-corrected chi connectivity index (χ1v) is 8.13. The van der Waals surface area contributed by atoms with Crippen LogP contribution in [0.4, 0.5) is 5.69 Å². The van der Waals surface area contributed by atoms with E-state index in [1.165, 1.54) is 0 Å². The predicted octanol–water partition coefficient (Wildman–Crippen LogP) is 1.43. The van der Waals surface area contributed by atoms with Crippen LogP contribution in [-0.2, 0) is 4.79 Å². The summed E-state index contributed by atoms with van der Waals surface area (Å²) in [4.78, 5) is 16.9. The SMILES string of the molecule is CC1(C(=O)N2CCN(c3ccccc3O)CC2)CCCNC1. The number of hydrogen-bond acceptors (Lipinski definition) is 4. The van der Waals surface area contributed by atoms with Gasteiger partial charge in [-0.25, -0.2) is 0 Å². The van der Waals surface area contributed by atoms with Gasteiger partial charge in [0.15, 0.2) is 0 Å². The number of para-hydroxylation sites is 2. The minimum atomic E-state index is -0.255. The lowest BCUT2D eigenvalue weighted by Crippen LogP contribution is -2.55. The second kappa shape index (κ2) is 6.16. The molecule has 2 aliphatic rings. The van der Waals surface area contributed by atoms with E-state index in [0.717, 1.165) is 57.8 Å². The van der Waals surface area contributed by atoms with Crippen molar-refractivity contribution < 1.29 is 9.90 Å². The Morgan fingerprint density at radius 3 is 2.59 bits per heavy atom. The Hall–Kier alpha value is -1.75. The van der Waals surface area contributed by atoms with E-state index in [1.807, 2.05) is 23.1 Å². The van der Waals surface area contributed by atoms with Gasteiger partial charge in [-0.05, 0) is 38.4 Å². The number of phenolic OH excluding ortho intramolecular Hbond substituents is 1. The minimum absolute atomic E-state index is 0.255. The molecule has 1 amide bonds. The molecule has 5 nitrogen and oxygen atoms in total. The van der Waals surface area contributed by atoms with Gasteiger partial charge in [-0.1, -0.05) is 12.1 Å². The molecular weight excluding hydrogens is 278 g/mol. The predicted molar refractivity (Wildman–Crippen MR) is 87.1 cm³/mol. The molecule has 1 atom stereocenters. The highest BCUT2D eigenvalue weighted by molar-refractivity contribution is 5.83. The molecule has 2 saturated heterocycles. The number of piperazine rings is 1. The fraction of sp³-hybridized carbons (Fsp3) is 0.588. The molecule has 1 unspecified atom stereocenters. The van der Waals surface area contributed by atoms with Crippen LogP contribution in [0.15, 0.2) is 24.3 Å². The average molecular weight is 303 g/mol. The summed E-state index contributed by atoms with van der Waals surface area (Å²) >= 11 is 0. The van der Waals surface area contributed by atoms with E-state index in [9.17, 15) is 9.90 Å². The summed E-state index contributed by atoms with van der Waals surface area (Å²) < 4.78 is 0. The number of nitrogens with one attached hydrogen (secondary N) is 1. The number of phenols is 1. The molecule has 0 aromatic heterocycles. The lowest BCUT2D eigenvalue weighted by molar-refractivity contribution is -0.142. The van der Waals surface area contributed by atoms with Crippen molar-refractivity contribution in [3.63, 3.8) is 0 Å². The van der Waals surface area contributed by atoms with Gasteiger partial charge >= 0.3 is 0 Å². The molecule has 0 bridgehead atoms. The van der Waals surface area contributed by atoms with Crippen molar-refractivity contribution in [2.75, 3.05) is 44.2 Å². The Morgan fingerprint density at radius 2 is 1.95 bits per heavy atom. The second-order valence-corrected chi connectivity index (χ2v) is 6.61. The topological polar surface area (TPSA) is 55.8 Å². The lowest BCUT2D eigenvalue weighted by atomic mass is 9.81. The maximum absolute atomic E-state index is 12.8. The number of amides is 1. The quantitative estimate of drug-likeness (QED) is 0.868. The maximum atomic E-state index is 12.8. The van der Waals surface area contributed by atoms with E-state index in [4.69, 9.17) is 0 Å². The smallest absolute Gasteiger partial charge is 0.229 e. The number of benzene rings is 1. The second-order valence-electron chi connectivity index (χ2n) is 6.61. The third kappa shape index (κ3) is 2.90. The van der Waals surface area contributed by atoms with Gasteiger partial charge < -0.3 is 20.2 Å².